The lowest BCUT2D eigenvalue weighted by Gasteiger charge is -2.14. The molecule has 112 valence electrons. The third-order valence-corrected chi connectivity index (χ3v) is 2.83. The van der Waals surface area contributed by atoms with Crippen molar-refractivity contribution in [2.45, 2.75) is 6.61 Å². The molecule has 0 spiro atoms. The van der Waals surface area contributed by atoms with Gasteiger partial charge in [0.05, 0.1) is 20.8 Å². The fourth-order valence-corrected chi connectivity index (χ4v) is 1.79. The molecule has 1 aromatic carbocycles. The Balaban J connectivity index is 2.38. The van der Waals surface area contributed by atoms with Crippen LogP contribution in [-0.4, -0.2) is 36.3 Å². The molecule has 7 nitrogen and oxygen atoms in total. The molecule has 0 fully saturated rings. The highest BCUT2D eigenvalue weighted by molar-refractivity contribution is 5.56. The third-order valence-electron chi connectivity index (χ3n) is 2.83. The minimum atomic E-state index is -0.0721. The molecular formula is C14H17N3O4. The van der Waals surface area contributed by atoms with Crippen molar-refractivity contribution in [3.8, 4) is 23.1 Å². The average Bonchev–Trinajstić information content (AvgIpc) is 2.54. The van der Waals surface area contributed by atoms with E-state index in [1.54, 1.807) is 25.2 Å². The van der Waals surface area contributed by atoms with E-state index in [1.807, 2.05) is 0 Å². The topological polar surface area (TPSA) is 85.7 Å². The molecule has 7 heteroatoms. The Bertz CT molecular complexity index is 619. The Morgan fingerprint density at radius 2 is 1.95 bits per heavy atom. The van der Waals surface area contributed by atoms with Crippen LogP contribution >= 0.6 is 0 Å². The first-order chi connectivity index (χ1) is 10.2. The molecule has 2 aromatic rings. The van der Waals surface area contributed by atoms with Crippen LogP contribution in [0.2, 0.25) is 0 Å². The quantitative estimate of drug-likeness (QED) is 0.839. The van der Waals surface area contributed by atoms with Crippen LogP contribution in [0.1, 0.15) is 5.56 Å². The van der Waals surface area contributed by atoms with Crippen LogP contribution in [0.3, 0.4) is 0 Å². The van der Waals surface area contributed by atoms with Gasteiger partial charge >= 0.3 is 0 Å². The molecule has 0 aliphatic carbocycles. The summed E-state index contributed by atoms with van der Waals surface area (Å²) in [4.78, 5) is 8.12. The van der Waals surface area contributed by atoms with Crippen LogP contribution < -0.4 is 19.5 Å². The number of hydrogen-bond donors (Lipinski definition) is 2. The molecule has 0 saturated carbocycles. The van der Waals surface area contributed by atoms with E-state index in [2.05, 4.69) is 15.3 Å². The van der Waals surface area contributed by atoms with E-state index in [9.17, 15) is 0 Å². The molecule has 0 aliphatic heterocycles. The van der Waals surface area contributed by atoms with Gasteiger partial charge in [0.25, 0.3) is 5.88 Å². The maximum Gasteiger partial charge on any atom is 0.268 e. The summed E-state index contributed by atoms with van der Waals surface area (Å²) in [5.74, 6) is 2.15. The largest absolute Gasteiger partial charge is 0.493 e. The fraction of sp³-hybridized carbons (Fsp3) is 0.286. The van der Waals surface area contributed by atoms with Gasteiger partial charge in [-0.1, -0.05) is 6.07 Å². The van der Waals surface area contributed by atoms with Crippen LogP contribution in [0, 0.1) is 0 Å². The van der Waals surface area contributed by atoms with Crippen molar-refractivity contribution in [1.29, 1.82) is 0 Å². The van der Waals surface area contributed by atoms with Crippen molar-refractivity contribution in [2.75, 3.05) is 26.6 Å². The summed E-state index contributed by atoms with van der Waals surface area (Å²) in [6.07, 6.45) is 1.37. The zero-order chi connectivity index (χ0) is 15.2. The van der Waals surface area contributed by atoms with Gasteiger partial charge < -0.3 is 24.6 Å². The lowest BCUT2D eigenvalue weighted by Crippen LogP contribution is -2.01. The van der Waals surface area contributed by atoms with Crippen LogP contribution in [0.5, 0.6) is 23.1 Å². The van der Waals surface area contributed by atoms with Crippen molar-refractivity contribution >= 4 is 5.82 Å². The summed E-state index contributed by atoms with van der Waals surface area (Å²) in [5.41, 5.74) is 0.727. The molecule has 0 radical (unpaired) electrons. The van der Waals surface area contributed by atoms with E-state index in [4.69, 9.17) is 19.3 Å². The van der Waals surface area contributed by atoms with E-state index in [1.165, 1.54) is 20.5 Å². The minimum Gasteiger partial charge on any atom is -0.493 e. The van der Waals surface area contributed by atoms with Gasteiger partial charge in [0.2, 0.25) is 5.75 Å². The summed E-state index contributed by atoms with van der Waals surface area (Å²) in [5, 5.41) is 12.0. The second-order valence-electron chi connectivity index (χ2n) is 4.06. The minimum absolute atomic E-state index is 0.0721. The van der Waals surface area contributed by atoms with Crippen LogP contribution in [0.25, 0.3) is 0 Å². The Morgan fingerprint density at radius 3 is 2.57 bits per heavy atom. The fourth-order valence-electron chi connectivity index (χ4n) is 1.79. The summed E-state index contributed by atoms with van der Waals surface area (Å²) >= 11 is 0. The second-order valence-corrected chi connectivity index (χ2v) is 4.06. The lowest BCUT2D eigenvalue weighted by molar-refractivity contribution is 0.280. The number of nitrogens with zero attached hydrogens (tertiary/aromatic N) is 2. The van der Waals surface area contributed by atoms with Crippen LogP contribution in [-0.2, 0) is 6.61 Å². The van der Waals surface area contributed by atoms with Gasteiger partial charge in [-0.2, -0.15) is 4.98 Å². The van der Waals surface area contributed by atoms with Crippen LogP contribution in [0.15, 0.2) is 24.5 Å². The Kier molecular flexibility index (Phi) is 4.78. The van der Waals surface area contributed by atoms with Crippen molar-refractivity contribution in [3.63, 3.8) is 0 Å². The highest BCUT2D eigenvalue weighted by Crippen LogP contribution is 2.37. The van der Waals surface area contributed by atoms with Gasteiger partial charge in [-0.05, 0) is 17.7 Å². The van der Waals surface area contributed by atoms with Gasteiger partial charge in [0.15, 0.2) is 17.3 Å². The van der Waals surface area contributed by atoms with Crippen molar-refractivity contribution < 1.29 is 19.3 Å². The number of anilines is 1. The van der Waals surface area contributed by atoms with Crippen molar-refractivity contribution in [3.05, 3.63) is 30.1 Å². The number of nitrogens with one attached hydrogen (secondary N) is 1. The lowest BCUT2D eigenvalue weighted by atomic mass is 10.2. The van der Waals surface area contributed by atoms with Gasteiger partial charge in [-0.3, -0.25) is 0 Å². The molecule has 1 aromatic heterocycles. The Hall–Kier alpha value is -2.54. The number of aromatic nitrogens is 2. The second kappa shape index (κ2) is 6.76. The molecule has 21 heavy (non-hydrogen) atoms. The molecule has 0 bridgehead atoms. The smallest absolute Gasteiger partial charge is 0.268 e. The summed E-state index contributed by atoms with van der Waals surface area (Å²) in [6.45, 7) is -0.0721. The Labute approximate surface area is 122 Å². The molecule has 2 N–H and O–H groups in total. The molecule has 2 rings (SSSR count). The first-order valence-electron chi connectivity index (χ1n) is 6.25. The third kappa shape index (κ3) is 3.14. The summed E-state index contributed by atoms with van der Waals surface area (Å²) in [6, 6.07) is 5.14. The monoisotopic (exact) mass is 291 g/mol. The molecular weight excluding hydrogens is 274 g/mol. The molecule has 0 unspecified atom stereocenters. The summed E-state index contributed by atoms with van der Waals surface area (Å²) in [7, 11) is 4.77. The highest BCUT2D eigenvalue weighted by Gasteiger charge is 2.15. The van der Waals surface area contributed by atoms with Crippen molar-refractivity contribution in [2.24, 2.45) is 0 Å². The van der Waals surface area contributed by atoms with Gasteiger partial charge in [0.1, 0.15) is 6.33 Å². The summed E-state index contributed by atoms with van der Waals surface area (Å²) < 4.78 is 16.3. The van der Waals surface area contributed by atoms with Gasteiger partial charge in [-0.15, -0.1) is 0 Å². The predicted octanol–water partition coefficient (Wildman–Crippen LogP) is 1.82. The van der Waals surface area contributed by atoms with Gasteiger partial charge in [-0.25, -0.2) is 4.98 Å². The van der Waals surface area contributed by atoms with Crippen LogP contribution in [0.4, 0.5) is 5.82 Å². The molecule has 0 atom stereocenters. The zero-order valence-electron chi connectivity index (χ0n) is 12.1. The first-order valence-corrected chi connectivity index (χ1v) is 6.25. The molecule has 1 heterocycles. The van der Waals surface area contributed by atoms with E-state index in [0.717, 1.165) is 5.56 Å². The standard InChI is InChI=1S/C14H17N3O4/c1-15-13-12(20-3)14(17-8-16-13)21-10-5-4-9(7-18)6-11(10)19-2/h4-6,8,18H,7H2,1-3H3,(H,15,16,17). The van der Waals surface area contributed by atoms with Gasteiger partial charge in [0, 0.05) is 7.05 Å². The number of aliphatic hydroxyl groups excluding tert-OH is 1. The predicted molar refractivity (Wildman–Crippen MR) is 77.1 cm³/mol. The average molecular weight is 291 g/mol. The molecule has 0 saturated heterocycles. The number of benzene rings is 1. The van der Waals surface area contributed by atoms with E-state index in [0.29, 0.717) is 23.1 Å². The van der Waals surface area contributed by atoms with E-state index >= 15 is 0 Å². The number of aliphatic hydroxyl groups is 1. The first kappa shape index (κ1) is 14.9. The molecule has 0 aliphatic rings. The molecule has 0 amide bonds. The highest BCUT2D eigenvalue weighted by atomic mass is 16.5. The zero-order valence-corrected chi connectivity index (χ0v) is 12.1. The van der Waals surface area contributed by atoms with Crippen molar-refractivity contribution in [1.82, 2.24) is 9.97 Å². The SMILES string of the molecule is CNc1ncnc(Oc2ccc(CO)cc2OC)c1OC. The maximum absolute atomic E-state index is 9.14. The number of ether oxygens (including phenoxy) is 3. The van der Waals surface area contributed by atoms with E-state index in [-0.39, 0.29) is 12.5 Å². The normalized spacial score (nSPS) is 10.1. The number of hydrogen-bond acceptors (Lipinski definition) is 7. The maximum atomic E-state index is 9.14. The Morgan fingerprint density at radius 1 is 1.14 bits per heavy atom. The number of rotatable bonds is 6. The number of methoxy groups -OCH3 is 2. The van der Waals surface area contributed by atoms with E-state index < -0.39 is 0 Å².